The first-order valence-corrected chi connectivity index (χ1v) is 8.94. The van der Waals surface area contributed by atoms with E-state index in [0.29, 0.717) is 18.9 Å². The molecule has 1 aliphatic heterocycles. The predicted octanol–water partition coefficient (Wildman–Crippen LogP) is 2.36. The molecule has 24 heavy (non-hydrogen) atoms. The zero-order valence-corrected chi connectivity index (χ0v) is 15.1. The molecule has 5 nitrogen and oxygen atoms in total. The molecule has 0 radical (unpaired) electrons. The summed E-state index contributed by atoms with van der Waals surface area (Å²) >= 11 is 0. The number of nitrogens with zero attached hydrogens (tertiary/aromatic N) is 2. The summed E-state index contributed by atoms with van der Waals surface area (Å²) in [6.07, 6.45) is 2.56. The molecule has 0 bridgehead atoms. The molecule has 2 N–H and O–H groups in total. The Morgan fingerprint density at radius 1 is 1.38 bits per heavy atom. The molecular weight excluding hydrogens is 300 g/mol. The number of rotatable bonds is 6. The number of hydrogen-bond acceptors (Lipinski definition) is 2. The fraction of sp³-hybridized carbons (Fsp3) is 0.579. The average Bonchev–Trinajstić information content (AvgIpc) is 3.09. The van der Waals surface area contributed by atoms with Crippen LogP contribution in [-0.4, -0.2) is 49.5 Å². The molecule has 0 saturated carbocycles. The van der Waals surface area contributed by atoms with E-state index >= 15 is 0 Å². The van der Waals surface area contributed by atoms with E-state index < -0.39 is 0 Å². The van der Waals surface area contributed by atoms with Crippen LogP contribution >= 0.6 is 0 Å². The van der Waals surface area contributed by atoms with Crippen molar-refractivity contribution in [2.24, 2.45) is 4.99 Å². The summed E-state index contributed by atoms with van der Waals surface area (Å²) in [6, 6.07) is 10.9. The van der Waals surface area contributed by atoms with Crippen LogP contribution in [0.3, 0.4) is 0 Å². The van der Waals surface area contributed by atoms with Crippen LogP contribution in [0, 0.1) is 0 Å². The van der Waals surface area contributed by atoms with E-state index in [9.17, 15) is 4.79 Å². The molecule has 2 atom stereocenters. The maximum atomic E-state index is 11.8. The van der Waals surface area contributed by atoms with Crippen LogP contribution in [0.2, 0.25) is 0 Å². The van der Waals surface area contributed by atoms with Gasteiger partial charge in [0.1, 0.15) is 0 Å². The third-order valence-electron chi connectivity index (χ3n) is 4.63. The summed E-state index contributed by atoms with van der Waals surface area (Å²) in [6.45, 7) is 6.68. The molecule has 2 unspecified atom stereocenters. The van der Waals surface area contributed by atoms with Gasteiger partial charge in [0.2, 0.25) is 5.91 Å². The van der Waals surface area contributed by atoms with E-state index in [-0.39, 0.29) is 11.9 Å². The maximum Gasteiger partial charge on any atom is 0.221 e. The van der Waals surface area contributed by atoms with Gasteiger partial charge in [-0.1, -0.05) is 37.3 Å². The SMILES string of the molecule is CCC(C)NC(=O)CCNC(=NC)N1CCC(c2ccccc2)C1. The minimum absolute atomic E-state index is 0.0934. The molecule has 1 aliphatic rings. The first kappa shape index (κ1) is 18.3. The van der Waals surface area contributed by atoms with Crippen LogP contribution in [0.1, 0.15) is 44.6 Å². The second-order valence-electron chi connectivity index (χ2n) is 6.44. The van der Waals surface area contributed by atoms with Gasteiger partial charge < -0.3 is 15.5 Å². The molecule has 132 valence electrons. The van der Waals surface area contributed by atoms with Crippen LogP contribution < -0.4 is 10.6 Å². The number of carbonyl (C=O) groups excluding carboxylic acids is 1. The van der Waals surface area contributed by atoms with E-state index in [4.69, 9.17) is 0 Å². The predicted molar refractivity (Wildman–Crippen MR) is 99.2 cm³/mol. The molecule has 0 spiro atoms. The quantitative estimate of drug-likeness (QED) is 0.622. The van der Waals surface area contributed by atoms with E-state index in [1.54, 1.807) is 7.05 Å². The van der Waals surface area contributed by atoms with Crippen molar-refractivity contribution in [2.45, 2.75) is 45.1 Å². The lowest BCUT2D eigenvalue weighted by Gasteiger charge is -2.22. The summed E-state index contributed by atoms with van der Waals surface area (Å²) in [4.78, 5) is 18.5. The van der Waals surface area contributed by atoms with E-state index in [1.165, 1.54) is 5.56 Å². The highest BCUT2D eigenvalue weighted by molar-refractivity contribution is 5.81. The van der Waals surface area contributed by atoms with Crippen molar-refractivity contribution < 1.29 is 4.79 Å². The van der Waals surface area contributed by atoms with Gasteiger partial charge in [-0.3, -0.25) is 9.79 Å². The monoisotopic (exact) mass is 330 g/mol. The number of hydrogen-bond donors (Lipinski definition) is 2. The lowest BCUT2D eigenvalue weighted by Crippen LogP contribution is -2.42. The van der Waals surface area contributed by atoms with Gasteiger partial charge in [0, 0.05) is 45.1 Å². The van der Waals surface area contributed by atoms with Crippen molar-refractivity contribution in [1.29, 1.82) is 0 Å². The Morgan fingerprint density at radius 2 is 2.12 bits per heavy atom. The van der Waals surface area contributed by atoms with Gasteiger partial charge >= 0.3 is 0 Å². The third-order valence-corrected chi connectivity index (χ3v) is 4.63. The van der Waals surface area contributed by atoms with E-state index in [0.717, 1.165) is 31.9 Å². The highest BCUT2D eigenvalue weighted by atomic mass is 16.1. The fourth-order valence-electron chi connectivity index (χ4n) is 3.02. The Morgan fingerprint density at radius 3 is 2.79 bits per heavy atom. The molecule has 1 heterocycles. The lowest BCUT2D eigenvalue weighted by atomic mass is 9.99. The molecule has 5 heteroatoms. The van der Waals surface area contributed by atoms with Gasteiger partial charge in [-0.15, -0.1) is 0 Å². The Hall–Kier alpha value is -2.04. The number of amides is 1. The highest BCUT2D eigenvalue weighted by Gasteiger charge is 2.25. The Bertz CT molecular complexity index is 544. The Balaban J connectivity index is 1.77. The molecular formula is C19H30N4O. The second-order valence-corrected chi connectivity index (χ2v) is 6.44. The summed E-state index contributed by atoms with van der Waals surface area (Å²) in [7, 11) is 1.80. The summed E-state index contributed by atoms with van der Waals surface area (Å²) in [5, 5.41) is 6.31. The summed E-state index contributed by atoms with van der Waals surface area (Å²) < 4.78 is 0. The molecule has 2 rings (SSSR count). The number of guanidine groups is 1. The molecule has 0 aliphatic carbocycles. The van der Waals surface area contributed by atoms with Crippen molar-refractivity contribution in [3.05, 3.63) is 35.9 Å². The minimum atomic E-state index is 0.0934. The van der Waals surface area contributed by atoms with Gasteiger partial charge in [0.15, 0.2) is 5.96 Å². The van der Waals surface area contributed by atoms with E-state index in [1.807, 2.05) is 6.92 Å². The van der Waals surface area contributed by atoms with Crippen LogP contribution in [-0.2, 0) is 4.79 Å². The van der Waals surface area contributed by atoms with Gasteiger partial charge in [-0.05, 0) is 25.3 Å². The molecule has 1 saturated heterocycles. The normalized spacial score (nSPS) is 19.2. The molecule has 1 aromatic rings. The standard InChI is InChI=1S/C19H30N4O/c1-4-15(2)22-18(24)10-12-21-19(20-3)23-13-11-17(14-23)16-8-6-5-7-9-16/h5-9,15,17H,4,10-14H2,1-3H3,(H,20,21)(H,22,24). The molecule has 1 aromatic carbocycles. The van der Waals surface area contributed by atoms with E-state index in [2.05, 4.69) is 57.8 Å². The third kappa shape index (κ3) is 5.25. The molecule has 1 amide bonds. The number of benzene rings is 1. The van der Waals surface area contributed by atoms with Crippen LogP contribution in [0.25, 0.3) is 0 Å². The minimum Gasteiger partial charge on any atom is -0.356 e. The van der Waals surface area contributed by atoms with Gasteiger partial charge in [-0.2, -0.15) is 0 Å². The van der Waals surface area contributed by atoms with Crippen molar-refractivity contribution in [2.75, 3.05) is 26.7 Å². The number of carbonyl (C=O) groups is 1. The first-order valence-electron chi connectivity index (χ1n) is 8.94. The maximum absolute atomic E-state index is 11.8. The van der Waals surface area contributed by atoms with Crippen molar-refractivity contribution >= 4 is 11.9 Å². The Labute approximate surface area is 145 Å². The average molecular weight is 330 g/mol. The number of aliphatic imine (C=N–C) groups is 1. The smallest absolute Gasteiger partial charge is 0.221 e. The van der Waals surface area contributed by atoms with Crippen LogP contribution in [0.4, 0.5) is 0 Å². The van der Waals surface area contributed by atoms with Crippen LogP contribution in [0.5, 0.6) is 0 Å². The Kier molecular flexibility index (Phi) is 7.09. The second kappa shape index (κ2) is 9.30. The van der Waals surface area contributed by atoms with Gasteiger partial charge in [0.25, 0.3) is 0 Å². The zero-order valence-electron chi connectivity index (χ0n) is 15.1. The van der Waals surface area contributed by atoms with Gasteiger partial charge in [0.05, 0.1) is 0 Å². The fourth-order valence-corrected chi connectivity index (χ4v) is 3.02. The summed E-state index contributed by atoms with van der Waals surface area (Å²) in [5.74, 6) is 1.54. The number of nitrogens with one attached hydrogen (secondary N) is 2. The summed E-state index contributed by atoms with van der Waals surface area (Å²) in [5.41, 5.74) is 1.39. The first-order chi connectivity index (χ1) is 11.6. The number of likely N-dealkylation sites (tertiary alicyclic amines) is 1. The lowest BCUT2D eigenvalue weighted by molar-refractivity contribution is -0.121. The highest BCUT2D eigenvalue weighted by Crippen LogP contribution is 2.26. The largest absolute Gasteiger partial charge is 0.356 e. The van der Waals surface area contributed by atoms with Crippen molar-refractivity contribution in [3.63, 3.8) is 0 Å². The van der Waals surface area contributed by atoms with Crippen LogP contribution in [0.15, 0.2) is 35.3 Å². The molecule has 0 aromatic heterocycles. The van der Waals surface area contributed by atoms with Gasteiger partial charge in [-0.25, -0.2) is 0 Å². The molecule has 1 fully saturated rings. The topological polar surface area (TPSA) is 56.7 Å². The van der Waals surface area contributed by atoms with Crippen molar-refractivity contribution in [3.8, 4) is 0 Å². The van der Waals surface area contributed by atoms with Crippen molar-refractivity contribution in [1.82, 2.24) is 15.5 Å². The zero-order chi connectivity index (χ0) is 17.4.